The van der Waals surface area contributed by atoms with Gasteiger partial charge in [0.15, 0.2) is 0 Å². The molecule has 1 aromatic carbocycles. The average molecular weight is 250 g/mol. The molecule has 0 amide bonds. The van der Waals surface area contributed by atoms with Gasteiger partial charge in [0.2, 0.25) is 0 Å². The first-order valence-corrected chi connectivity index (χ1v) is 6.99. The zero-order valence-electron chi connectivity index (χ0n) is 13.2. The van der Waals surface area contributed by atoms with Gasteiger partial charge in [-0.05, 0) is 30.0 Å². The molecule has 1 heteroatoms. The maximum atomic E-state index is 5.50. The van der Waals surface area contributed by atoms with Gasteiger partial charge in [-0.2, -0.15) is 0 Å². The SMILES string of the molecule is C=CCOc1ccc(C(C)C)cc1C.CC.CC. The highest BCUT2D eigenvalue weighted by Crippen LogP contribution is 2.23. The number of benzene rings is 1. The van der Waals surface area contributed by atoms with E-state index in [9.17, 15) is 0 Å². The summed E-state index contributed by atoms with van der Waals surface area (Å²) in [6.45, 7) is 18.7. The lowest BCUT2D eigenvalue weighted by molar-refractivity contribution is 0.360. The van der Waals surface area contributed by atoms with Crippen molar-refractivity contribution in [3.63, 3.8) is 0 Å². The molecule has 0 saturated carbocycles. The van der Waals surface area contributed by atoms with E-state index in [2.05, 4.69) is 39.5 Å². The minimum absolute atomic E-state index is 0.571. The van der Waals surface area contributed by atoms with E-state index < -0.39 is 0 Å². The first-order chi connectivity index (χ1) is 8.65. The molecule has 0 aliphatic carbocycles. The monoisotopic (exact) mass is 250 g/mol. The average Bonchev–Trinajstić information content (AvgIpc) is 2.41. The van der Waals surface area contributed by atoms with Crippen molar-refractivity contribution in [3.8, 4) is 5.75 Å². The van der Waals surface area contributed by atoms with Gasteiger partial charge in [-0.1, -0.05) is 66.3 Å². The van der Waals surface area contributed by atoms with E-state index in [0.29, 0.717) is 12.5 Å². The maximum absolute atomic E-state index is 5.50. The minimum Gasteiger partial charge on any atom is -0.489 e. The van der Waals surface area contributed by atoms with Gasteiger partial charge in [-0.3, -0.25) is 0 Å². The van der Waals surface area contributed by atoms with Crippen molar-refractivity contribution in [3.05, 3.63) is 42.0 Å². The van der Waals surface area contributed by atoms with Crippen LogP contribution in [0.1, 0.15) is 58.6 Å². The molecule has 0 atom stereocenters. The Morgan fingerprint density at radius 2 is 1.72 bits per heavy atom. The molecule has 0 N–H and O–H groups in total. The van der Waals surface area contributed by atoms with Gasteiger partial charge in [0, 0.05) is 0 Å². The normalized spacial score (nSPS) is 8.67. The largest absolute Gasteiger partial charge is 0.489 e. The summed E-state index contributed by atoms with van der Waals surface area (Å²) in [4.78, 5) is 0. The zero-order valence-corrected chi connectivity index (χ0v) is 13.2. The lowest BCUT2D eigenvalue weighted by Gasteiger charge is -2.10. The second kappa shape index (κ2) is 12.2. The van der Waals surface area contributed by atoms with E-state index in [0.717, 1.165) is 5.75 Å². The lowest BCUT2D eigenvalue weighted by atomic mass is 10.0. The van der Waals surface area contributed by atoms with Gasteiger partial charge in [0.25, 0.3) is 0 Å². The topological polar surface area (TPSA) is 9.23 Å². The van der Waals surface area contributed by atoms with E-state index >= 15 is 0 Å². The van der Waals surface area contributed by atoms with Gasteiger partial charge in [0.05, 0.1) is 0 Å². The van der Waals surface area contributed by atoms with E-state index in [1.54, 1.807) is 6.08 Å². The molecule has 18 heavy (non-hydrogen) atoms. The summed E-state index contributed by atoms with van der Waals surface area (Å²) in [5.74, 6) is 1.52. The molecule has 0 aromatic heterocycles. The first kappa shape index (κ1) is 19.1. The highest BCUT2D eigenvalue weighted by Gasteiger charge is 2.03. The summed E-state index contributed by atoms with van der Waals surface area (Å²) < 4.78 is 5.50. The number of ether oxygens (including phenoxy) is 1. The molecular formula is C17H30O. The Kier molecular flexibility index (Phi) is 13.0. The molecule has 0 spiro atoms. The molecule has 0 unspecified atom stereocenters. The van der Waals surface area contributed by atoms with E-state index in [1.165, 1.54) is 11.1 Å². The Bertz CT molecular complexity index is 313. The van der Waals surface area contributed by atoms with Gasteiger partial charge in [-0.15, -0.1) is 0 Å². The molecule has 104 valence electrons. The van der Waals surface area contributed by atoms with E-state index in [1.807, 2.05) is 33.8 Å². The molecule has 0 fully saturated rings. The molecule has 0 radical (unpaired) electrons. The fraction of sp³-hybridized carbons (Fsp3) is 0.529. The molecule has 1 rings (SSSR count). The smallest absolute Gasteiger partial charge is 0.122 e. The van der Waals surface area contributed by atoms with Crippen molar-refractivity contribution in [1.82, 2.24) is 0 Å². The summed E-state index contributed by atoms with van der Waals surface area (Å²) in [5.41, 5.74) is 2.55. The quantitative estimate of drug-likeness (QED) is 0.619. The molecule has 0 aliphatic heterocycles. The van der Waals surface area contributed by atoms with Crippen LogP contribution in [0.2, 0.25) is 0 Å². The van der Waals surface area contributed by atoms with Crippen LogP contribution < -0.4 is 4.74 Å². The van der Waals surface area contributed by atoms with E-state index in [-0.39, 0.29) is 0 Å². The van der Waals surface area contributed by atoms with Crippen LogP contribution in [0.3, 0.4) is 0 Å². The van der Waals surface area contributed by atoms with Crippen LogP contribution in [-0.4, -0.2) is 6.61 Å². The summed E-state index contributed by atoms with van der Waals surface area (Å²) in [6, 6.07) is 6.34. The molecule has 1 nitrogen and oxygen atoms in total. The van der Waals surface area contributed by atoms with Gasteiger partial charge < -0.3 is 4.74 Å². The molecule has 1 aromatic rings. The number of hydrogen-bond donors (Lipinski definition) is 0. The van der Waals surface area contributed by atoms with Crippen molar-refractivity contribution >= 4 is 0 Å². The number of hydrogen-bond acceptors (Lipinski definition) is 1. The second-order valence-electron chi connectivity index (χ2n) is 3.78. The minimum atomic E-state index is 0.571. The van der Waals surface area contributed by atoms with Crippen molar-refractivity contribution in [1.29, 1.82) is 0 Å². The molecule has 0 saturated heterocycles. The highest BCUT2D eigenvalue weighted by molar-refractivity contribution is 5.37. The first-order valence-electron chi connectivity index (χ1n) is 6.99. The summed E-state index contributed by atoms with van der Waals surface area (Å²) in [7, 11) is 0. The van der Waals surface area contributed by atoms with Crippen molar-refractivity contribution in [2.45, 2.75) is 54.4 Å². The van der Waals surface area contributed by atoms with Crippen LogP contribution in [-0.2, 0) is 0 Å². The Morgan fingerprint density at radius 3 is 2.11 bits per heavy atom. The third-order valence-electron chi connectivity index (χ3n) is 2.22. The predicted molar refractivity (Wildman–Crippen MR) is 83.7 cm³/mol. The molecular weight excluding hydrogens is 220 g/mol. The van der Waals surface area contributed by atoms with Crippen molar-refractivity contribution in [2.75, 3.05) is 6.61 Å². The fourth-order valence-corrected chi connectivity index (χ4v) is 1.34. The highest BCUT2D eigenvalue weighted by atomic mass is 16.5. The van der Waals surface area contributed by atoms with Crippen molar-refractivity contribution < 1.29 is 4.74 Å². The van der Waals surface area contributed by atoms with Gasteiger partial charge in [-0.25, -0.2) is 0 Å². The Labute approximate surface area is 114 Å². The van der Waals surface area contributed by atoms with Crippen LogP contribution in [0, 0.1) is 6.92 Å². The van der Waals surface area contributed by atoms with E-state index in [4.69, 9.17) is 4.74 Å². The summed E-state index contributed by atoms with van der Waals surface area (Å²) in [6.07, 6.45) is 1.76. The second-order valence-corrected chi connectivity index (χ2v) is 3.78. The Morgan fingerprint density at radius 1 is 1.17 bits per heavy atom. The van der Waals surface area contributed by atoms with Gasteiger partial charge >= 0.3 is 0 Å². The van der Waals surface area contributed by atoms with Crippen LogP contribution in [0.4, 0.5) is 0 Å². The van der Waals surface area contributed by atoms with Crippen LogP contribution in [0.5, 0.6) is 5.75 Å². The zero-order chi connectivity index (χ0) is 14.6. The summed E-state index contributed by atoms with van der Waals surface area (Å²) >= 11 is 0. The van der Waals surface area contributed by atoms with Crippen LogP contribution in [0.25, 0.3) is 0 Å². The maximum Gasteiger partial charge on any atom is 0.122 e. The lowest BCUT2D eigenvalue weighted by Crippen LogP contribution is -1.96. The molecule has 0 aliphatic rings. The van der Waals surface area contributed by atoms with Crippen LogP contribution in [0.15, 0.2) is 30.9 Å². The third kappa shape index (κ3) is 7.16. The number of aryl methyl sites for hydroxylation is 1. The fourth-order valence-electron chi connectivity index (χ4n) is 1.34. The van der Waals surface area contributed by atoms with Gasteiger partial charge in [0.1, 0.15) is 12.4 Å². The predicted octanol–water partition coefficient (Wildman–Crippen LogP) is 5.74. The summed E-state index contributed by atoms with van der Waals surface area (Å²) in [5, 5.41) is 0. The molecule has 0 bridgehead atoms. The van der Waals surface area contributed by atoms with Crippen LogP contribution >= 0.6 is 0 Å². The standard InChI is InChI=1S/C13H18O.2C2H6/c1-5-8-14-13-7-6-12(10(2)3)9-11(13)4;2*1-2/h5-7,9-10H,1,8H2,2-4H3;2*1-2H3. The Balaban J connectivity index is 0. The third-order valence-corrected chi connectivity index (χ3v) is 2.22. The number of rotatable bonds is 4. The van der Waals surface area contributed by atoms with Crippen molar-refractivity contribution in [2.24, 2.45) is 0 Å². The molecule has 0 heterocycles. The Hall–Kier alpha value is -1.24.